The summed E-state index contributed by atoms with van der Waals surface area (Å²) in [7, 11) is 0. The summed E-state index contributed by atoms with van der Waals surface area (Å²) in [6, 6.07) is 5.32. The number of aromatic nitrogens is 1. The van der Waals surface area contributed by atoms with Gasteiger partial charge in [0.05, 0.1) is 4.47 Å². The van der Waals surface area contributed by atoms with Crippen molar-refractivity contribution >= 4 is 44.3 Å². The van der Waals surface area contributed by atoms with Gasteiger partial charge < -0.3 is 10.7 Å². The largest absolute Gasteiger partial charge is 0.364 e. The molecule has 1 heterocycles. The highest BCUT2D eigenvalue weighted by atomic mass is 79.9. The zero-order chi connectivity index (χ0) is 10.3. The fourth-order valence-corrected chi connectivity index (χ4v) is 2.10. The third-order valence-electron chi connectivity index (χ3n) is 1.94. The van der Waals surface area contributed by atoms with Gasteiger partial charge in [-0.3, -0.25) is 4.79 Å². The molecule has 72 valence electrons. The molecule has 3 N–H and O–H groups in total. The number of halogens is 2. The van der Waals surface area contributed by atoms with Crippen molar-refractivity contribution in [1.29, 1.82) is 0 Å². The van der Waals surface area contributed by atoms with Gasteiger partial charge in [-0.25, -0.2) is 0 Å². The van der Waals surface area contributed by atoms with E-state index in [9.17, 15) is 4.79 Å². The number of hydrogen-bond donors (Lipinski definition) is 2. The average Bonchev–Trinajstić information content (AvgIpc) is 2.44. The second-order valence-corrected chi connectivity index (χ2v) is 4.10. The second kappa shape index (κ2) is 3.29. The number of nitrogens with two attached hydrogens (primary N) is 1. The Morgan fingerprint density at radius 3 is 2.86 bits per heavy atom. The number of primary amides is 1. The normalized spacial score (nSPS) is 10.7. The average molecular weight is 274 g/mol. The van der Waals surface area contributed by atoms with Gasteiger partial charge in [-0.2, -0.15) is 0 Å². The van der Waals surface area contributed by atoms with Crippen LogP contribution in [-0.2, 0) is 0 Å². The van der Waals surface area contributed by atoms with E-state index in [-0.39, 0.29) is 0 Å². The Hall–Kier alpha value is -1.000. The van der Waals surface area contributed by atoms with Crippen LogP contribution in [0.1, 0.15) is 10.5 Å². The van der Waals surface area contributed by atoms with Gasteiger partial charge in [-0.1, -0.05) is 11.6 Å². The van der Waals surface area contributed by atoms with Crippen LogP contribution in [0, 0.1) is 0 Å². The number of carbonyl (C=O) groups excluding carboxylic acids is 1. The fourth-order valence-electron chi connectivity index (χ4n) is 1.30. The van der Waals surface area contributed by atoms with Crippen molar-refractivity contribution in [1.82, 2.24) is 4.98 Å². The van der Waals surface area contributed by atoms with E-state index in [0.29, 0.717) is 15.2 Å². The van der Waals surface area contributed by atoms with Crippen LogP contribution in [0.15, 0.2) is 22.7 Å². The summed E-state index contributed by atoms with van der Waals surface area (Å²) in [4.78, 5) is 13.9. The van der Waals surface area contributed by atoms with E-state index in [0.717, 1.165) is 10.9 Å². The molecule has 0 aliphatic rings. The van der Waals surface area contributed by atoms with Gasteiger partial charge >= 0.3 is 0 Å². The molecule has 2 rings (SSSR count). The van der Waals surface area contributed by atoms with Crippen LogP contribution in [0.25, 0.3) is 10.9 Å². The number of fused-ring (bicyclic) bond motifs is 1. The van der Waals surface area contributed by atoms with E-state index < -0.39 is 5.91 Å². The predicted octanol–water partition coefficient (Wildman–Crippen LogP) is 2.68. The van der Waals surface area contributed by atoms with Crippen LogP contribution in [0.5, 0.6) is 0 Å². The van der Waals surface area contributed by atoms with Crippen LogP contribution >= 0.6 is 27.5 Å². The Morgan fingerprint density at radius 1 is 1.50 bits per heavy atom. The van der Waals surface area contributed by atoms with E-state index >= 15 is 0 Å². The molecule has 2 aromatic rings. The lowest BCUT2D eigenvalue weighted by atomic mass is 10.2. The van der Waals surface area contributed by atoms with Crippen molar-refractivity contribution in [2.75, 3.05) is 0 Å². The summed E-state index contributed by atoms with van der Waals surface area (Å²) in [5, 5.41) is 1.47. The summed E-state index contributed by atoms with van der Waals surface area (Å²) in [5.74, 6) is -0.496. The molecule has 0 unspecified atom stereocenters. The lowest BCUT2D eigenvalue weighted by molar-refractivity contribution is 0.0995. The first kappa shape index (κ1) is 9.55. The number of carbonyl (C=O) groups is 1. The maximum Gasteiger partial charge on any atom is 0.266 e. The van der Waals surface area contributed by atoms with Crippen LogP contribution < -0.4 is 5.73 Å². The van der Waals surface area contributed by atoms with E-state index in [1.54, 1.807) is 18.2 Å². The van der Waals surface area contributed by atoms with E-state index in [2.05, 4.69) is 20.9 Å². The van der Waals surface area contributed by atoms with Crippen molar-refractivity contribution in [3.8, 4) is 0 Å². The third kappa shape index (κ3) is 1.40. The minimum atomic E-state index is -0.496. The summed E-state index contributed by atoms with van der Waals surface area (Å²) < 4.78 is 0.655. The van der Waals surface area contributed by atoms with Crippen molar-refractivity contribution in [3.05, 3.63) is 33.4 Å². The van der Waals surface area contributed by atoms with Gasteiger partial charge in [0.1, 0.15) is 5.69 Å². The molecule has 0 aliphatic carbocycles. The Morgan fingerprint density at radius 2 is 2.21 bits per heavy atom. The van der Waals surface area contributed by atoms with Crippen LogP contribution in [0.2, 0.25) is 5.02 Å². The molecule has 0 bridgehead atoms. The maximum atomic E-state index is 11.0. The zero-order valence-electron chi connectivity index (χ0n) is 6.97. The molecule has 1 aromatic heterocycles. The van der Waals surface area contributed by atoms with Gasteiger partial charge in [-0.05, 0) is 34.1 Å². The van der Waals surface area contributed by atoms with Crippen molar-refractivity contribution in [3.63, 3.8) is 0 Å². The molecule has 0 spiro atoms. The molecular formula is C9H6BrClN2O. The van der Waals surface area contributed by atoms with Gasteiger partial charge in [-0.15, -0.1) is 0 Å². The predicted molar refractivity (Wildman–Crippen MR) is 59.5 cm³/mol. The highest BCUT2D eigenvalue weighted by molar-refractivity contribution is 9.10. The lowest BCUT2D eigenvalue weighted by Gasteiger charge is -1.91. The minimum Gasteiger partial charge on any atom is -0.364 e. The van der Waals surface area contributed by atoms with E-state index in [1.807, 2.05) is 0 Å². The van der Waals surface area contributed by atoms with E-state index in [4.69, 9.17) is 17.3 Å². The molecule has 14 heavy (non-hydrogen) atoms. The number of rotatable bonds is 1. The first-order chi connectivity index (χ1) is 6.59. The molecule has 5 heteroatoms. The monoisotopic (exact) mass is 272 g/mol. The Balaban J connectivity index is 2.80. The van der Waals surface area contributed by atoms with Crippen LogP contribution in [-0.4, -0.2) is 10.9 Å². The topological polar surface area (TPSA) is 58.9 Å². The molecule has 0 saturated carbocycles. The molecule has 0 fully saturated rings. The van der Waals surface area contributed by atoms with Gasteiger partial charge in [0.2, 0.25) is 0 Å². The number of hydrogen-bond acceptors (Lipinski definition) is 1. The van der Waals surface area contributed by atoms with Crippen molar-refractivity contribution in [2.24, 2.45) is 5.73 Å². The number of amides is 1. The van der Waals surface area contributed by atoms with Gasteiger partial charge in [0.25, 0.3) is 5.91 Å². The lowest BCUT2D eigenvalue weighted by Crippen LogP contribution is -2.11. The maximum absolute atomic E-state index is 11.0. The highest BCUT2D eigenvalue weighted by Gasteiger charge is 2.12. The third-order valence-corrected chi connectivity index (χ3v) is 3.00. The highest BCUT2D eigenvalue weighted by Crippen LogP contribution is 2.29. The molecule has 1 amide bonds. The summed E-state index contributed by atoms with van der Waals surface area (Å²) in [6.45, 7) is 0. The number of benzene rings is 1. The van der Waals surface area contributed by atoms with Crippen LogP contribution in [0.3, 0.4) is 0 Å². The Bertz CT molecular complexity index is 521. The summed E-state index contributed by atoms with van der Waals surface area (Å²) in [6.07, 6.45) is 0. The smallest absolute Gasteiger partial charge is 0.266 e. The van der Waals surface area contributed by atoms with Gasteiger partial charge in [0.15, 0.2) is 0 Å². The molecule has 0 aliphatic heterocycles. The van der Waals surface area contributed by atoms with Crippen LogP contribution in [0.4, 0.5) is 0 Å². The molecule has 3 nitrogen and oxygen atoms in total. The standard InChI is InChI=1S/C9H6BrClN2O/c10-7-5-3-4(11)1-2-6(5)13-8(7)9(12)14/h1-3,13H,(H2,12,14). The summed E-state index contributed by atoms with van der Waals surface area (Å²) >= 11 is 9.12. The first-order valence-corrected chi connectivity index (χ1v) is 5.03. The molecule has 0 radical (unpaired) electrons. The number of aromatic amines is 1. The molecule has 0 saturated heterocycles. The first-order valence-electron chi connectivity index (χ1n) is 3.86. The van der Waals surface area contributed by atoms with Crippen molar-refractivity contribution < 1.29 is 4.79 Å². The quantitative estimate of drug-likeness (QED) is 0.824. The molecule has 1 aromatic carbocycles. The Kier molecular flexibility index (Phi) is 2.25. The summed E-state index contributed by atoms with van der Waals surface area (Å²) in [5.41, 5.74) is 6.38. The minimum absolute atomic E-state index is 0.363. The van der Waals surface area contributed by atoms with E-state index in [1.165, 1.54) is 0 Å². The second-order valence-electron chi connectivity index (χ2n) is 2.87. The zero-order valence-corrected chi connectivity index (χ0v) is 9.32. The molecule has 0 atom stereocenters. The number of nitrogens with one attached hydrogen (secondary N) is 1. The number of H-pyrrole nitrogens is 1. The van der Waals surface area contributed by atoms with Crippen molar-refractivity contribution in [2.45, 2.75) is 0 Å². The molecular weight excluding hydrogens is 267 g/mol. The van der Waals surface area contributed by atoms with Gasteiger partial charge in [0, 0.05) is 15.9 Å². The SMILES string of the molecule is NC(=O)c1[nH]c2ccc(Cl)cc2c1Br. The fraction of sp³-hybridized carbons (Fsp3) is 0. The Labute approximate surface area is 93.4 Å².